The van der Waals surface area contributed by atoms with Crippen molar-refractivity contribution < 1.29 is 9.59 Å². The van der Waals surface area contributed by atoms with Gasteiger partial charge >= 0.3 is 0 Å². The van der Waals surface area contributed by atoms with E-state index < -0.39 is 0 Å². The first kappa shape index (κ1) is 7.60. The Morgan fingerprint density at radius 2 is 2.40 bits per heavy atom. The van der Waals surface area contributed by atoms with Crippen LogP contribution in [0.5, 0.6) is 0 Å². The second-order valence-corrected chi connectivity index (χ2v) is 2.81. The predicted octanol–water partition coefficient (Wildman–Crippen LogP) is 0.0652. The monoisotopic (exact) mass is 159 g/mol. The molecule has 3 nitrogen and oxygen atoms in total. The molecule has 0 aromatic rings. The average molecular weight is 159 g/mol. The van der Waals surface area contributed by atoms with Gasteiger partial charge in [-0.15, -0.1) is 12.6 Å². The molecule has 0 aromatic heterocycles. The van der Waals surface area contributed by atoms with Crippen molar-refractivity contribution in [3.05, 3.63) is 0 Å². The highest BCUT2D eigenvalue weighted by Crippen LogP contribution is 2.08. The smallest absolute Gasteiger partial charge is 0.223 e. The van der Waals surface area contributed by atoms with E-state index in [2.05, 4.69) is 12.6 Å². The fourth-order valence-electron chi connectivity index (χ4n) is 1.03. The van der Waals surface area contributed by atoms with Crippen molar-refractivity contribution in [1.29, 1.82) is 0 Å². The summed E-state index contributed by atoms with van der Waals surface area (Å²) >= 11 is 3.58. The van der Waals surface area contributed by atoms with Crippen LogP contribution in [-0.2, 0) is 9.59 Å². The van der Waals surface area contributed by atoms with Gasteiger partial charge in [-0.3, -0.25) is 9.59 Å². The summed E-state index contributed by atoms with van der Waals surface area (Å²) in [6.45, 7) is 0.882. The van der Waals surface area contributed by atoms with Crippen LogP contribution >= 0.6 is 12.6 Å². The number of rotatable bonds is 2. The van der Waals surface area contributed by atoms with Gasteiger partial charge in [0.2, 0.25) is 11.0 Å². The van der Waals surface area contributed by atoms with E-state index in [-0.39, 0.29) is 17.6 Å². The van der Waals surface area contributed by atoms with Crippen molar-refractivity contribution in [1.82, 2.24) is 4.90 Å². The standard InChI is InChI=1S/C6H9NO2S/c8-5-2-1-3-7(5)4-6(9)10/h1-4H2,(H,9,10). The summed E-state index contributed by atoms with van der Waals surface area (Å²) in [6.07, 6.45) is 1.46. The quantitative estimate of drug-likeness (QED) is 0.579. The summed E-state index contributed by atoms with van der Waals surface area (Å²) in [5.74, 6) is 0.0717. The molecule has 0 bridgehead atoms. The first-order chi connectivity index (χ1) is 4.70. The molecule has 0 N–H and O–H groups in total. The Morgan fingerprint density at radius 1 is 1.70 bits per heavy atom. The third-order valence-corrected chi connectivity index (χ3v) is 1.64. The van der Waals surface area contributed by atoms with E-state index in [1.807, 2.05) is 0 Å². The zero-order valence-electron chi connectivity index (χ0n) is 5.54. The molecule has 4 heteroatoms. The van der Waals surface area contributed by atoms with Gasteiger partial charge in [0.1, 0.15) is 0 Å². The van der Waals surface area contributed by atoms with E-state index in [1.165, 1.54) is 4.90 Å². The SMILES string of the molecule is O=C(S)CN1CCCC1=O. The van der Waals surface area contributed by atoms with Crippen molar-refractivity contribution in [3.8, 4) is 0 Å². The normalized spacial score (nSPS) is 18.1. The van der Waals surface area contributed by atoms with Crippen molar-refractivity contribution >= 4 is 23.7 Å². The minimum atomic E-state index is -0.241. The maximum Gasteiger partial charge on any atom is 0.223 e. The van der Waals surface area contributed by atoms with Crippen LogP contribution in [0.4, 0.5) is 0 Å². The largest absolute Gasteiger partial charge is 0.334 e. The number of nitrogens with zero attached hydrogens (tertiary/aromatic N) is 1. The zero-order chi connectivity index (χ0) is 7.56. The Bertz CT molecular complexity index is 169. The maximum atomic E-state index is 10.8. The minimum absolute atomic E-state index is 0.0717. The molecule has 1 rings (SSSR count). The first-order valence-corrected chi connectivity index (χ1v) is 3.64. The summed E-state index contributed by atoms with van der Waals surface area (Å²) in [5, 5.41) is -0.241. The van der Waals surface area contributed by atoms with Crippen LogP contribution in [0.3, 0.4) is 0 Å². The highest BCUT2D eigenvalue weighted by atomic mass is 32.1. The molecule has 1 saturated heterocycles. The van der Waals surface area contributed by atoms with Gasteiger partial charge < -0.3 is 4.90 Å². The van der Waals surface area contributed by atoms with Gasteiger partial charge in [0.25, 0.3) is 0 Å². The number of amides is 1. The van der Waals surface area contributed by atoms with Gasteiger partial charge in [-0.25, -0.2) is 0 Å². The Morgan fingerprint density at radius 3 is 2.80 bits per heavy atom. The van der Waals surface area contributed by atoms with E-state index in [1.54, 1.807) is 0 Å². The Hall–Kier alpha value is -0.510. The van der Waals surface area contributed by atoms with E-state index in [0.717, 1.165) is 6.42 Å². The molecule has 1 aliphatic rings. The van der Waals surface area contributed by atoms with Crippen molar-refractivity contribution in [2.75, 3.05) is 13.1 Å². The van der Waals surface area contributed by atoms with Crippen LogP contribution < -0.4 is 0 Å². The lowest BCUT2D eigenvalue weighted by Gasteiger charge is -2.11. The van der Waals surface area contributed by atoms with Gasteiger partial charge in [0.15, 0.2) is 0 Å². The average Bonchev–Trinajstić information content (AvgIpc) is 2.15. The molecule has 1 amide bonds. The molecule has 56 valence electrons. The van der Waals surface area contributed by atoms with Crippen LogP contribution in [0.1, 0.15) is 12.8 Å². The first-order valence-electron chi connectivity index (χ1n) is 3.20. The Balaban J connectivity index is 2.40. The van der Waals surface area contributed by atoms with Gasteiger partial charge in [0.05, 0.1) is 6.54 Å². The van der Waals surface area contributed by atoms with Crippen LogP contribution in [0, 0.1) is 0 Å². The Labute approximate surface area is 64.8 Å². The minimum Gasteiger partial charge on any atom is -0.334 e. The van der Waals surface area contributed by atoms with Crippen LogP contribution in [0.2, 0.25) is 0 Å². The molecule has 1 aliphatic heterocycles. The maximum absolute atomic E-state index is 10.8. The lowest BCUT2D eigenvalue weighted by molar-refractivity contribution is -0.130. The van der Waals surface area contributed by atoms with Gasteiger partial charge in [-0.1, -0.05) is 0 Å². The van der Waals surface area contributed by atoms with E-state index in [9.17, 15) is 9.59 Å². The second-order valence-electron chi connectivity index (χ2n) is 2.31. The molecular formula is C6H9NO2S. The van der Waals surface area contributed by atoms with Crippen LogP contribution in [0.15, 0.2) is 0 Å². The third kappa shape index (κ3) is 1.73. The molecule has 0 aromatic carbocycles. The molecule has 1 heterocycles. The lowest BCUT2D eigenvalue weighted by atomic mass is 10.4. The van der Waals surface area contributed by atoms with E-state index >= 15 is 0 Å². The lowest BCUT2D eigenvalue weighted by Crippen LogP contribution is -2.28. The fourth-order valence-corrected chi connectivity index (χ4v) is 1.21. The molecule has 0 spiro atoms. The summed E-state index contributed by atoms with van der Waals surface area (Å²) in [7, 11) is 0. The van der Waals surface area contributed by atoms with E-state index in [0.29, 0.717) is 13.0 Å². The predicted molar refractivity (Wildman–Crippen MR) is 39.8 cm³/mol. The van der Waals surface area contributed by atoms with Gasteiger partial charge in [-0.2, -0.15) is 0 Å². The fraction of sp³-hybridized carbons (Fsp3) is 0.667. The number of hydrogen-bond donors (Lipinski definition) is 1. The number of carbonyl (C=O) groups excluding carboxylic acids is 2. The summed E-state index contributed by atoms with van der Waals surface area (Å²) in [5.41, 5.74) is 0. The summed E-state index contributed by atoms with van der Waals surface area (Å²) < 4.78 is 0. The molecule has 0 radical (unpaired) electrons. The van der Waals surface area contributed by atoms with Gasteiger partial charge in [0, 0.05) is 13.0 Å². The summed E-state index contributed by atoms with van der Waals surface area (Å²) in [4.78, 5) is 22.8. The number of likely N-dealkylation sites (tertiary alicyclic amines) is 1. The number of carbonyl (C=O) groups is 2. The molecule has 1 fully saturated rings. The topological polar surface area (TPSA) is 37.4 Å². The summed E-state index contributed by atoms with van der Waals surface area (Å²) in [6, 6.07) is 0. The van der Waals surface area contributed by atoms with E-state index in [4.69, 9.17) is 0 Å². The highest BCUT2D eigenvalue weighted by molar-refractivity contribution is 7.96. The highest BCUT2D eigenvalue weighted by Gasteiger charge is 2.20. The van der Waals surface area contributed by atoms with Crippen molar-refractivity contribution in [2.45, 2.75) is 12.8 Å². The van der Waals surface area contributed by atoms with Crippen LogP contribution in [-0.4, -0.2) is 29.0 Å². The van der Waals surface area contributed by atoms with Crippen LogP contribution in [0.25, 0.3) is 0 Å². The molecular weight excluding hydrogens is 150 g/mol. The Kier molecular flexibility index (Phi) is 2.32. The van der Waals surface area contributed by atoms with Crippen molar-refractivity contribution in [3.63, 3.8) is 0 Å². The molecule has 0 unspecified atom stereocenters. The number of thiol groups is 1. The molecule has 0 atom stereocenters. The zero-order valence-corrected chi connectivity index (χ0v) is 6.43. The number of hydrogen-bond acceptors (Lipinski definition) is 2. The van der Waals surface area contributed by atoms with Crippen molar-refractivity contribution in [2.24, 2.45) is 0 Å². The third-order valence-electron chi connectivity index (χ3n) is 1.50. The molecule has 10 heavy (non-hydrogen) atoms. The molecule has 0 aliphatic carbocycles. The van der Waals surface area contributed by atoms with Gasteiger partial charge in [-0.05, 0) is 6.42 Å². The second kappa shape index (κ2) is 3.05. The molecule has 0 saturated carbocycles.